The van der Waals surface area contributed by atoms with E-state index in [1.54, 1.807) is 12.4 Å². The lowest BCUT2D eigenvalue weighted by Gasteiger charge is -2.31. The van der Waals surface area contributed by atoms with Crippen molar-refractivity contribution in [2.45, 2.75) is 19.3 Å². The van der Waals surface area contributed by atoms with Crippen molar-refractivity contribution in [3.05, 3.63) is 48.3 Å². The van der Waals surface area contributed by atoms with Crippen LogP contribution in [0.2, 0.25) is 0 Å². The van der Waals surface area contributed by atoms with E-state index < -0.39 is 0 Å². The van der Waals surface area contributed by atoms with Gasteiger partial charge in [-0.15, -0.1) is 0 Å². The summed E-state index contributed by atoms with van der Waals surface area (Å²) in [6.07, 6.45) is 5.52. The van der Waals surface area contributed by atoms with Crippen LogP contribution >= 0.6 is 0 Å². The summed E-state index contributed by atoms with van der Waals surface area (Å²) in [5.74, 6) is 0.894. The summed E-state index contributed by atoms with van der Waals surface area (Å²) in [6.45, 7) is 1.33. The second kappa shape index (κ2) is 7.80. The van der Waals surface area contributed by atoms with Gasteiger partial charge in [-0.05, 0) is 37.0 Å². The largest absolute Gasteiger partial charge is 0.469 e. The molecule has 28 heavy (non-hydrogen) atoms. The fourth-order valence-corrected chi connectivity index (χ4v) is 3.61. The molecule has 7 nitrogen and oxygen atoms in total. The number of carbonyl (C=O) groups is 2. The lowest BCUT2D eigenvalue weighted by molar-refractivity contribution is -0.142. The minimum Gasteiger partial charge on any atom is -0.469 e. The number of fused-ring (bicyclic) bond motifs is 1. The first-order valence-electron chi connectivity index (χ1n) is 9.40. The van der Waals surface area contributed by atoms with E-state index in [0.29, 0.717) is 31.0 Å². The summed E-state index contributed by atoms with van der Waals surface area (Å²) in [6, 6.07) is 9.37. The first-order valence-corrected chi connectivity index (χ1v) is 9.40. The zero-order chi connectivity index (χ0) is 19.5. The van der Waals surface area contributed by atoms with Crippen molar-refractivity contribution in [3.8, 4) is 11.4 Å². The van der Waals surface area contributed by atoms with Gasteiger partial charge in [0.05, 0.1) is 18.8 Å². The molecule has 1 aliphatic heterocycles. The maximum absolute atomic E-state index is 12.8. The number of ether oxygens (including phenoxy) is 1. The van der Waals surface area contributed by atoms with Gasteiger partial charge in [0.25, 0.3) is 5.91 Å². The third-order valence-corrected chi connectivity index (χ3v) is 5.28. The van der Waals surface area contributed by atoms with Gasteiger partial charge in [0.2, 0.25) is 0 Å². The molecular formula is C21H22N4O3. The van der Waals surface area contributed by atoms with Gasteiger partial charge in [0.1, 0.15) is 11.3 Å². The normalized spacial score (nSPS) is 15.0. The number of amides is 1. The smallest absolute Gasteiger partial charge is 0.305 e. The number of methoxy groups -OCH3 is 1. The van der Waals surface area contributed by atoms with Gasteiger partial charge in [0, 0.05) is 36.8 Å². The molecule has 2 aromatic heterocycles. The number of pyridine rings is 1. The fourth-order valence-electron chi connectivity index (χ4n) is 3.61. The Bertz CT molecular complexity index is 955. The monoisotopic (exact) mass is 378 g/mol. The highest BCUT2D eigenvalue weighted by Gasteiger charge is 2.25. The number of imidazole rings is 1. The van der Waals surface area contributed by atoms with Crippen LogP contribution in [-0.2, 0) is 9.53 Å². The summed E-state index contributed by atoms with van der Waals surface area (Å²) >= 11 is 0. The molecule has 0 bridgehead atoms. The van der Waals surface area contributed by atoms with E-state index in [1.165, 1.54) is 7.11 Å². The molecule has 0 aliphatic carbocycles. The molecule has 0 atom stereocenters. The maximum atomic E-state index is 12.8. The Balaban J connectivity index is 1.41. The van der Waals surface area contributed by atoms with E-state index in [9.17, 15) is 9.59 Å². The lowest BCUT2D eigenvalue weighted by Crippen LogP contribution is -2.38. The highest BCUT2D eigenvalue weighted by molar-refractivity contribution is 5.94. The van der Waals surface area contributed by atoms with Gasteiger partial charge in [-0.1, -0.05) is 12.1 Å². The van der Waals surface area contributed by atoms with Gasteiger partial charge >= 0.3 is 5.97 Å². The Morgan fingerprint density at radius 3 is 2.61 bits per heavy atom. The highest BCUT2D eigenvalue weighted by atomic mass is 16.5. The molecule has 3 heterocycles. The molecule has 3 aromatic rings. The Morgan fingerprint density at radius 2 is 1.93 bits per heavy atom. The number of nitrogens with one attached hydrogen (secondary N) is 1. The summed E-state index contributed by atoms with van der Waals surface area (Å²) < 4.78 is 4.73. The Kier molecular flexibility index (Phi) is 5.06. The first-order chi connectivity index (χ1) is 13.6. The van der Waals surface area contributed by atoms with Crippen molar-refractivity contribution in [2.75, 3.05) is 20.2 Å². The van der Waals surface area contributed by atoms with Crippen LogP contribution in [-0.4, -0.2) is 51.9 Å². The van der Waals surface area contributed by atoms with Crippen LogP contribution in [0.15, 0.2) is 42.7 Å². The number of aromatic amines is 1. The predicted molar refractivity (Wildman–Crippen MR) is 105 cm³/mol. The quantitative estimate of drug-likeness (QED) is 0.705. The molecule has 7 heteroatoms. The minimum atomic E-state index is -0.179. The van der Waals surface area contributed by atoms with E-state index in [0.717, 1.165) is 35.3 Å². The van der Waals surface area contributed by atoms with Crippen molar-refractivity contribution < 1.29 is 14.3 Å². The second-order valence-electron chi connectivity index (χ2n) is 7.07. The summed E-state index contributed by atoms with van der Waals surface area (Å²) in [7, 11) is 1.41. The van der Waals surface area contributed by atoms with Gasteiger partial charge in [-0.25, -0.2) is 4.98 Å². The highest BCUT2D eigenvalue weighted by Crippen LogP contribution is 2.24. The van der Waals surface area contributed by atoms with E-state index >= 15 is 0 Å². The molecule has 0 unspecified atom stereocenters. The van der Waals surface area contributed by atoms with Gasteiger partial charge in [0.15, 0.2) is 0 Å². The number of hydrogen-bond acceptors (Lipinski definition) is 5. The number of aromatic nitrogens is 3. The number of carbonyl (C=O) groups excluding carboxylic acids is 2. The van der Waals surface area contributed by atoms with E-state index in [-0.39, 0.29) is 11.9 Å². The molecule has 1 saturated heterocycles. The number of hydrogen-bond donors (Lipinski definition) is 1. The van der Waals surface area contributed by atoms with E-state index in [2.05, 4.69) is 15.0 Å². The van der Waals surface area contributed by atoms with Crippen LogP contribution < -0.4 is 0 Å². The summed E-state index contributed by atoms with van der Waals surface area (Å²) in [5.41, 5.74) is 3.32. The molecule has 144 valence electrons. The van der Waals surface area contributed by atoms with Crippen molar-refractivity contribution in [3.63, 3.8) is 0 Å². The number of likely N-dealkylation sites (tertiary alicyclic amines) is 1. The van der Waals surface area contributed by atoms with Crippen molar-refractivity contribution in [1.82, 2.24) is 19.9 Å². The zero-order valence-corrected chi connectivity index (χ0v) is 15.7. The first kappa shape index (κ1) is 18.2. The van der Waals surface area contributed by atoms with Crippen LogP contribution in [0.3, 0.4) is 0 Å². The third-order valence-electron chi connectivity index (χ3n) is 5.28. The molecule has 1 aliphatic rings. The topological polar surface area (TPSA) is 88.2 Å². The van der Waals surface area contributed by atoms with Crippen molar-refractivity contribution >= 4 is 22.9 Å². The van der Waals surface area contributed by atoms with Crippen LogP contribution in [0.1, 0.15) is 29.6 Å². The zero-order valence-electron chi connectivity index (χ0n) is 15.7. The molecule has 4 rings (SSSR count). The molecule has 1 N–H and O–H groups in total. The fraction of sp³-hybridized carbons (Fsp3) is 0.333. The number of nitrogens with zero attached hydrogens (tertiary/aromatic N) is 3. The second-order valence-corrected chi connectivity index (χ2v) is 7.07. The lowest BCUT2D eigenvalue weighted by atomic mass is 9.93. The molecule has 0 saturated carbocycles. The van der Waals surface area contributed by atoms with Crippen LogP contribution in [0, 0.1) is 5.92 Å². The van der Waals surface area contributed by atoms with Gasteiger partial charge in [-0.3, -0.25) is 14.6 Å². The number of benzene rings is 1. The number of rotatable bonds is 4. The van der Waals surface area contributed by atoms with Crippen molar-refractivity contribution in [1.29, 1.82) is 0 Å². The van der Waals surface area contributed by atoms with E-state index in [1.807, 2.05) is 35.2 Å². The predicted octanol–water partition coefficient (Wildman–Crippen LogP) is 3.04. The number of esters is 1. The van der Waals surface area contributed by atoms with E-state index in [4.69, 9.17) is 4.74 Å². The number of piperidine rings is 1. The van der Waals surface area contributed by atoms with Crippen LogP contribution in [0.5, 0.6) is 0 Å². The molecule has 1 fully saturated rings. The van der Waals surface area contributed by atoms with Crippen LogP contribution in [0.25, 0.3) is 22.4 Å². The molecule has 0 radical (unpaired) electrons. The molecule has 0 spiro atoms. The molecule has 1 amide bonds. The standard InChI is InChI=1S/C21H22N4O3/c1-28-19(26)12-14-7-10-25(11-8-14)21(27)16-4-2-15(3-5-16)20-23-17-6-9-22-13-18(17)24-20/h2-6,9,13-14H,7-8,10-12H2,1H3,(H,23,24). The minimum absolute atomic E-state index is 0.0249. The SMILES string of the molecule is COC(=O)CC1CCN(C(=O)c2ccc(-c3nc4cnccc4[nH]3)cc2)CC1. The van der Waals surface area contributed by atoms with Crippen LogP contribution in [0.4, 0.5) is 0 Å². The maximum Gasteiger partial charge on any atom is 0.305 e. The molecular weight excluding hydrogens is 356 g/mol. The van der Waals surface area contributed by atoms with Gasteiger partial charge < -0.3 is 14.6 Å². The average molecular weight is 378 g/mol. The third kappa shape index (κ3) is 3.74. The average Bonchev–Trinajstić information content (AvgIpc) is 3.18. The Morgan fingerprint density at radius 1 is 1.18 bits per heavy atom. The molecule has 1 aromatic carbocycles. The Labute approximate surface area is 162 Å². The van der Waals surface area contributed by atoms with Crippen molar-refractivity contribution in [2.24, 2.45) is 5.92 Å². The summed E-state index contributed by atoms with van der Waals surface area (Å²) in [5, 5.41) is 0. The summed E-state index contributed by atoms with van der Waals surface area (Å²) in [4.78, 5) is 37.9. The Hall–Kier alpha value is -3.22. The number of H-pyrrole nitrogens is 1. The van der Waals surface area contributed by atoms with Gasteiger partial charge in [-0.2, -0.15) is 0 Å².